The Hall–Kier alpha value is -1.55. The highest BCUT2D eigenvalue weighted by atomic mass is 16.5. The van der Waals surface area contributed by atoms with Gasteiger partial charge in [0, 0.05) is 17.6 Å². The van der Waals surface area contributed by atoms with Crippen molar-refractivity contribution < 1.29 is 9.53 Å². The van der Waals surface area contributed by atoms with Crippen LogP contribution in [-0.2, 0) is 4.79 Å². The minimum absolute atomic E-state index is 0.0137. The molecule has 2 atom stereocenters. The molecule has 0 aliphatic rings. The molecule has 0 saturated carbocycles. The van der Waals surface area contributed by atoms with Crippen molar-refractivity contribution >= 4 is 5.91 Å². The third-order valence-corrected chi connectivity index (χ3v) is 3.40. The van der Waals surface area contributed by atoms with Gasteiger partial charge in [-0.1, -0.05) is 31.5 Å². The van der Waals surface area contributed by atoms with Gasteiger partial charge in [0.15, 0.2) is 6.61 Å². The monoisotopic (exact) mass is 278 g/mol. The van der Waals surface area contributed by atoms with E-state index in [0.717, 1.165) is 11.1 Å². The lowest BCUT2D eigenvalue weighted by molar-refractivity contribution is -0.124. The van der Waals surface area contributed by atoms with Gasteiger partial charge in [0.25, 0.3) is 5.91 Å². The van der Waals surface area contributed by atoms with Crippen LogP contribution < -0.4 is 15.8 Å². The fourth-order valence-electron chi connectivity index (χ4n) is 1.76. The maximum atomic E-state index is 11.8. The molecule has 112 valence electrons. The Morgan fingerprint density at radius 2 is 1.95 bits per heavy atom. The summed E-state index contributed by atoms with van der Waals surface area (Å²) in [5, 5.41) is 2.91. The quantitative estimate of drug-likeness (QED) is 0.840. The lowest BCUT2D eigenvalue weighted by atomic mass is 10.1. The zero-order chi connectivity index (χ0) is 15.3. The third-order valence-electron chi connectivity index (χ3n) is 3.40. The number of carbonyl (C=O) groups excluding carboxylic acids is 1. The van der Waals surface area contributed by atoms with Gasteiger partial charge in [0.1, 0.15) is 5.75 Å². The fourth-order valence-corrected chi connectivity index (χ4v) is 1.76. The molecule has 0 fully saturated rings. The molecule has 0 aromatic heterocycles. The van der Waals surface area contributed by atoms with Crippen molar-refractivity contribution in [1.29, 1.82) is 0 Å². The highest BCUT2D eigenvalue weighted by molar-refractivity contribution is 5.77. The first-order chi connectivity index (χ1) is 9.31. The van der Waals surface area contributed by atoms with E-state index in [9.17, 15) is 4.79 Å². The average Bonchev–Trinajstić information content (AvgIpc) is 2.36. The molecule has 0 radical (unpaired) electrons. The Kier molecular flexibility index (Phi) is 6.02. The summed E-state index contributed by atoms with van der Waals surface area (Å²) in [6.07, 6.45) is 0. The predicted octanol–water partition coefficient (Wildman–Crippen LogP) is 2.55. The summed E-state index contributed by atoms with van der Waals surface area (Å²) in [5.74, 6) is 0.971. The number of aryl methyl sites for hydroxylation is 1. The van der Waals surface area contributed by atoms with Crippen LogP contribution >= 0.6 is 0 Å². The Morgan fingerprint density at radius 1 is 1.30 bits per heavy atom. The fraction of sp³-hybridized carbons (Fsp3) is 0.562. The standard InChI is InChI=1S/C16H26N2O2/c1-10(2)13(5)18-16(19)9-20-15-7-6-11(3)8-14(15)12(4)17/h6-8,10,12-13H,9,17H2,1-5H3,(H,18,19)/t12-,13?/m0/s1. The molecule has 1 aromatic carbocycles. The Labute approximate surface area is 121 Å². The number of benzene rings is 1. The summed E-state index contributed by atoms with van der Waals surface area (Å²) in [4.78, 5) is 11.8. The number of nitrogens with one attached hydrogen (secondary N) is 1. The van der Waals surface area contributed by atoms with E-state index in [1.54, 1.807) is 0 Å². The number of nitrogens with two attached hydrogens (primary N) is 1. The van der Waals surface area contributed by atoms with Gasteiger partial charge in [0.05, 0.1) is 0 Å². The van der Waals surface area contributed by atoms with Gasteiger partial charge >= 0.3 is 0 Å². The molecule has 1 aromatic rings. The molecule has 20 heavy (non-hydrogen) atoms. The highest BCUT2D eigenvalue weighted by Gasteiger charge is 2.13. The first-order valence-corrected chi connectivity index (χ1v) is 7.09. The van der Waals surface area contributed by atoms with Gasteiger partial charge < -0.3 is 15.8 Å². The van der Waals surface area contributed by atoms with E-state index < -0.39 is 0 Å². The van der Waals surface area contributed by atoms with Crippen LogP contribution in [0, 0.1) is 12.8 Å². The number of ether oxygens (including phenoxy) is 1. The second-order valence-electron chi connectivity index (χ2n) is 5.72. The number of rotatable bonds is 6. The molecule has 3 N–H and O–H groups in total. The van der Waals surface area contributed by atoms with Crippen molar-refractivity contribution in [3.05, 3.63) is 29.3 Å². The average molecular weight is 278 g/mol. The van der Waals surface area contributed by atoms with Crippen molar-refractivity contribution in [2.75, 3.05) is 6.61 Å². The number of amides is 1. The van der Waals surface area contributed by atoms with Crippen LogP contribution in [0.5, 0.6) is 5.75 Å². The smallest absolute Gasteiger partial charge is 0.258 e. The van der Waals surface area contributed by atoms with Crippen molar-refractivity contribution in [2.24, 2.45) is 11.7 Å². The van der Waals surface area contributed by atoms with Gasteiger partial charge in [-0.2, -0.15) is 0 Å². The Bertz CT molecular complexity index is 456. The van der Waals surface area contributed by atoms with Gasteiger partial charge in [-0.15, -0.1) is 0 Å². The van der Waals surface area contributed by atoms with E-state index in [1.165, 1.54) is 0 Å². The molecule has 0 aliphatic carbocycles. The normalized spacial score (nSPS) is 13.9. The summed E-state index contributed by atoms with van der Waals surface area (Å²) in [6, 6.07) is 5.83. The number of hydrogen-bond acceptors (Lipinski definition) is 3. The maximum absolute atomic E-state index is 11.8. The molecule has 4 nitrogen and oxygen atoms in total. The molecule has 0 spiro atoms. The third kappa shape index (κ3) is 4.85. The first-order valence-electron chi connectivity index (χ1n) is 7.09. The molecule has 0 saturated heterocycles. The summed E-state index contributed by atoms with van der Waals surface area (Å²) < 4.78 is 5.60. The summed E-state index contributed by atoms with van der Waals surface area (Å²) in [7, 11) is 0. The summed E-state index contributed by atoms with van der Waals surface area (Å²) in [5.41, 5.74) is 7.98. The van der Waals surface area contributed by atoms with Gasteiger partial charge in [-0.05, 0) is 32.8 Å². The topological polar surface area (TPSA) is 64.3 Å². The Balaban J connectivity index is 2.64. The molecular formula is C16H26N2O2. The van der Waals surface area contributed by atoms with Crippen molar-refractivity contribution in [2.45, 2.75) is 46.7 Å². The van der Waals surface area contributed by atoms with E-state index in [0.29, 0.717) is 11.7 Å². The number of carbonyl (C=O) groups is 1. The van der Waals surface area contributed by atoms with E-state index >= 15 is 0 Å². The second-order valence-corrected chi connectivity index (χ2v) is 5.72. The minimum atomic E-state index is -0.123. The van der Waals surface area contributed by atoms with Crippen LogP contribution in [0.4, 0.5) is 0 Å². The maximum Gasteiger partial charge on any atom is 0.258 e. The SMILES string of the molecule is Cc1ccc(OCC(=O)NC(C)C(C)C)c([C@H](C)N)c1. The Morgan fingerprint density at radius 3 is 2.50 bits per heavy atom. The molecule has 0 heterocycles. The first kappa shape index (κ1) is 16.5. The van der Waals surface area contributed by atoms with Crippen molar-refractivity contribution in [3.63, 3.8) is 0 Å². The van der Waals surface area contributed by atoms with E-state index in [-0.39, 0.29) is 24.6 Å². The predicted molar refractivity (Wildman–Crippen MR) is 81.7 cm³/mol. The van der Waals surface area contributed by atoms with Gasteiger partial charge in [0.2, 0.25) is 0 Å². The highest BCUT2D eigenvalue weighted by Crippen LogP contribution is 2.24. The summed E-state index contributed by atoms with van der Waals surface area (Å²) >= 11 is 0. The van der Waals surface area contributed by atoms with Crippen LogP contribution in [0.3, 0.4) is 0 Å². The molecule has 1 amide bonds. The zero-order valence-corrected chi connectivity index (χ0v) is 13.1. The van der Waals surface area contributed by atoms with E-state index in [2.05, 4.69) is 19.2 Å². The zero-order valence-electron chi connectivity index (χ0n) is 13.1. The molecule has 0 bridgehead atoms. The van der Waals surface area contributed by atoms with Crippen molar-refractivity contribution in [3.8, 4) is 5.75 Å². The largest absolute Gasteiger partial charge is 0.483 e. The van der Waals surface area contributed by atoms with Crippen LogP contribution in [0.25, 0.3) is 0 Å². The van der Waals surface area contributed by atoms with Gasteiger partial charge in [-0.25, -0.2) is 0 Å². The van der Waals surface area contributed by atoms with E-state index in [1.807, 2.05) is 39.0 Å². The van der Waals surface area contributed by atoms with Crippen LogP contribution in [-0.4, -0.2) is 18.6 Å². The van der Waals surface area contributed by atoms with Crippen LogP contribution in [0.2, 0.25) is 0 Å². The second kappa shape index (κ2) is 7.29. The lowest BCUT2D eigenvalue weighted by Gasteiger charge is -2.18. The van der Waals surface area contributed by atoms with Crippen LogP contribution in [0.15, 0.2) is 18.2 Å². The van der Waals surface area contributed by atoms with E-state index in [4.69, 9.17) is 10.5 Å². The molecule has 4 heteroatoms. The molecule has 1 rings (SSSR count). The minimum Gasteiger partial charge on any atom is -0.483 e. The lowest BCUT2D eigenvalue weighted by Crippen LogP contribution is -2.39. The number of hydrogen-bond donors (Lipinski definition) is 2. The van der Waals surface area contributed by atoms with Crippen LogP contribution in [0.1, 0.15) is 44.9 Å². The molecular weight excluding hydrogens is 252 g/mol. The van der Waals surface area contributed by atoms with Gasteiger partial charge in [-0.3, -0.25) is 4.79 Å². The summed E-state index contributed by atoms with van der Waals surface area (Å²) in [6.45, 7) is 10.1. The molecule has 0 aliphatic heterocycles. The van der Waals surface area contributed by atoms with Crippen molar-refractivity contribution in [1.82, 2.24) is 5.32 Å². The molecule has 1 unspecified atom stereocenters.